The van der Waals surface area contributed by atoms with E-state index in [-0.39, 0.29) is 44.2 Å². The van der Waals surface area contributed by atoms with E-state index < -0.39 is 41.3 Å². The van der Waals surface area contributed by atoms with Gasteiger partial charge in [-0.1, -0.05) is 12.2 Å². The van der Waals surface area contributed by atoms with E-state index in [1.807, 2.05) is 0 Å². The lowest BCUT2D eigenvalue weighted by molar-refractivity contribution is -0.0921. The van der Waals surface area contributed by atoms with Crippen molar-refractivity contribution in [2.45, 2.75) is 19.5 Å². The Morgan fingerprint density at radius 3 is 2.56 bits per heavy atom. The fourth-order valence-electron chi connectivity index (χ4n) is 2.92. The van der Waals surface area contributed by atoms with Crippen LogP contribution in [0.25, 0.3) is 0 Å². The zero-order chi connectivity index (χ0) is 24.0. The molecule has 1 aromatic rings. The number of carbonyl (C=O) groups excluding carboxylic acids is 2. The minimum atomic E-state index is -2.85. The van der Waals surface area contributed by atoms with E-state index in [1.165, 1.54) is 11.9 Å². The number of cyclic esters (lactones) is 1. The van der Waals surface area contributed by atoms with Crippen LogP contribution in [0.2, 0.25) is 0 Å². The molecule has 0 aromatic heterocycles. The van der Waals surface area contributed by atoms with E-state index in [4.69, 9.17) is 15.3 Å². The minimum Gasteiger partial charge on any atom is -0.442 e. The van der Waals surface area contributed by atoms with Crippen molar-refractivity contribution >= 4 is 40.7 Å². The van der Waals surface area contributed by atoms with Gasteiger partial charge in [0.05, 0.1) is 25.4 Å². The summed E-state index contributed by atoms with van der Waals surface area (Å²) < 4.78 is 59.5. The molecule has 2 rings (SSSR count). The number of alkyl halides is 2. The number of rotatable bonds is 10. The number of anilines is 2. The first kappa shape index (κ1) is 25.4. The maximum absolute atomic E-state index is 14.8. The van der Waals surface area contributed by atoms with Crippen LogP contribution >= 0.6 is 12.2 Å². The standard InChI is InChI=1S/C18H23F4N5O4S/c1-3-26(4-5-30-25(2)17(23)28)14-12(19)6-10(7-13(14)20)27-9-11(31-18(27)29)8-24-16(32)15(21)22/h6-7,11,15H,3-5,8-9H2,1-2H3,(H2,23,28)(H,24,32)/t11-/m0/s1. The summed E-state index contributed by atoms with van der Waals surface area (Å²) in [6.45, 7) is 1.59. The fourth-order valence-corrected chi connectivity index (χ4v) is 3.00. The lowest BCUT2D eigenvalue weighted by Crippen LogP contribution is -2.36. The monoisotopic (exact) mass is 481 g/mol. The number of hydroxylamine groups is 2. The molecule has 14 heteroatoms. The van der Waals surface area contributed by atoms with Gasteiger partial charge in [0, 0.05) is 32.3 Å². The molecule has 1 heterocycles. The Morgan fingerprint density at radius 2 is 2.03 bits per heavy atom. The molecule has 1 saturated heterocycles. The molecule has 1 aliphatic rings. The number of halogens is 4. The molecule has 1 aromatic carbocycles. The first-order chi connectivity index (χ1) is 15.0. The number of urea groups is 1. The van der Waals surface area contributed by atoms with Crippen molar-refractivity contribution in [3.63, 3.8) is 0 Å². The zero-order valence-corrected chi connectivity index (χ0v) is 18.1. The first-order valence-electron chi connectivity index (χ1n) is 9.49. The van der Waals surface area contributed by atoms with Gasteiger partial charge in [0.15, 0.2) is 11.6 Å². The van der Waals surface area contributed by atoms with E-state index >= 15 is 0 Å². The third-order valence-electron chi connectivity index (χ3n) is 4.54. The van der Waals surface area contributed by atoms with Gasteiger partial charge >= 0.3 is 12.1 Å². The minimum absolute atomic E-state index is 0.0465. The molecule has 3 amide bonds. The lowest BCUT2D eigenvalue weighted by atomic mass is 10.2. The van der Waals surface area contributed by atoms with Crippen molar-refractivity contribution in [3.8, 4) is 0 Å². The largest absolute Gasteiger partial charge is 0.442 e. The number of primary amides is 1. The zero-order valence-electron chi connectivity index (χ0n) is 17.3. The van der Waals surface area contributed by atoms with Gasteiger partial charge in [-0.3, -0.25) is 9.74 Å². The van der Waals surface area contributed by atoms with Gasteiger partial charge in [0.1, 0.15) is 16.8 Å². The number of thiocarbonyl (C=S) groups is 1. The number of nitrogens with two attached hydrogens (primary N) is 1. The van der Waals surface area contributed by atoms with Gasteiger partial charge in [-0.05, 0) is 6.92 Å². The molecular formula is C18H23F4N5O4S. The normalized spacial score (nSPS) is 15.7. The smallest absolute Gasteiger partial charge is 0.414 e. The van der Waals surface area contributed by atoms with Gasteiger partial charge in [0.2, 0.25) is 0 Å². The molecule has 1 fully saturated rings. The number of nitrogens with one attached hydrogen (secondary N) is 1. The number of hydrogen-bond acceptors (Lipinski definition) is 6. The molecular weight excluding hydrogens is 458 g/mol. The highest BCUT2D eigenvalue weighted by molar-refractivity contribution is 7.80. The number of ether oxygens (including phenoxy) is 1. The Hall–Kier alpha value is -2.87. The summed E-state index contributed by atoms with van der Waals surface area (Å²) in [4.78, 5) is 29.8. The Labute approximate surface area is 186 Å². The number of carbonyl (C=O) groups is 2. The fraction of sp³-hybridized carbons (Fsp3) is 0.500. The van der Waals surface area contributed by atoms with Crippen LogP contribution in [0.1, 0.15) is 6.92 Å². The van der Waals surface area contributed by atoms with Crippen LogP contribution in [0.3, 0.4) is 0 Å². The number of amides is 3. The molecule has 0 bridgehead atoms. The molecule has 0 unspecified atom stereocenters. The van der Waals surface area contributed by atoms with Crippen molar-refractivity contribution in [3.05, 3.63) is 23.8 Å². The Bertz CT molecular complexity index is 840. The number of benzene rings is 1. The summed E-state index contributed by atoms with van der Waals surface area (Å²) >= 11 is 4.45. The first-order valence-corrected chi connectivity index (χ1v) is 9.90. The third kappa shape index (κ3) is 6.32. The molecule has 1 atom stereocenters. The highest BCUT2D eigenvalue weighted by atomic mass is 32.1. The van der Waals surface area contributed by atoms with E-state index in [0.717, 1.165) is 22.1 Å². The molecule has 3 N–H and O–H groups in total. The van der Waals surface area contributed by atoms with Crippen molar-refractivity contribution < 1.29 is 36.7 Å². The topological polar surface area (TPSA) is 100 Å². The number of nitrogens with zero attached hydrogens (tertiary/aromatic N) is 3. The molecule has 1 aliphatic heterocycles. The van der Waals surface area contributed by atoms with Gasteiger partial charge in [-0.15, -0.1) is 0 Å². The van der Waals surface area contributed by atoms with E-state index in [1.54, 1.807) is 6.92 Å². The van der Waals surface area contributed by atoms with Crippen LogP contribution in [-0.2, 0) is 9.57 Å². The van der Waals surface area contributed by atoms with Crippen molar-refractivity contribution in [1.82, 2.24) is 10.4 Å². The SMILES string of the molecule is CCN(CCON(C)C(N)=O)c1c(F)cc(N2C[C@H](CNC(=S)C(F)F)OC2=O)cc1F. The van der Waals surface area contributed by atoms with Crippen molar-refractivity contribution in [1.29, 1.82) is 0 Å². The van der Waals surface area contributed by atoms with Crippen molar-refractivity contribution in [2.24, 2.45) is 5.73 Å². The van der Waals surface area contributed by atoms with Gasteiger partial charge in [-0.2, -0.15) is 0 Å². The summed E-state index contributed by atoms with van der Waals surface area (Å²) in [5.74, 6) is -1.86. The summed E-state index contributed by atoms with van der Waals surface area (Å²) in [6, 6.07) is 1.12. The second-order valence-electron chi connectivity index (χ2n) is 6.67. The second-order valence-corrected chi connectivity index (χ2v) is 7.11. The summed E-state index contributed by atoms with van der Waals surface area (Å²) in [6.07, 6.45) is -4.56. The number of hydrogen-bond donors (Lipinski definition) is 2. The van der Waals surface area contributed by atoms with Gasteiger partial charge in [-0.25, -0.2) is 32.2 Å². The van der Waals surface area contributed by atoms with Crippen molar-refractivity contribution in [2.75, 3.05) is 49.6 Å². The van der Waals surface area contributed by atoms with Crippen LogP contribution in [0.5, 0.6) is 0 Å². The molecule has 0 spiro atoms. The third-order valence-corrected chi connectivity index (χ3v) is 4.87. The average molecular weight is 481 g/mol. The molecule has 0 aliphatic carbocycles. The van der Waals surface area contributed by atoms with E-state index in [2.05, 4.69) is 17.5 Å². The van der Waals surface area contributed by atoms with E-state index in [9.17, 15) is 27.2 Å². The molecule has 9 nitrogen and oxygen atoms in total. The van der Waals surface area contributed by atoms with Crippen LogP contribution in [0, 0.1) is 11.6 Å². The predicted octanol–water partition coefficient (Wildman–Crippen LogP) is 2.24. The number of likely N-dealkylation sites (N-methyl/N-ethyl adjacent to an activating group) is 1. The molecule has 32 heavy (non-hydrogen) atoms. The highest BCUT2D eigenvalue weighted by Gasteiger charge is 2.34. The molecule has 178 valence electrons. The Morgan fingerprint density at radius 1 is 1.41 bits per heavy atom. The summed E-state index contributed by atoms with van der Waals surface area (Å²) in [7, 11) is 1.30. The Kier molecular flexibility index (Phi) is 8.83. The van der Waals surface area contributed by atoms with Gasteiger partial charge in [0.25, 0.3) is 6.43 Å². The molecule has 0 saturated carbocycles. The molecule has 0 radical (unpaired) electrons. The van der Waals surface area contributed by atoms with Crippen LogP contribution < -0.4 is 20.9 Å². The summed E-state index contributed by atoms with van der Waals surface area (Å²) in [5.41, 5.74) is 4.60. The summed E-state index contributed by atoms with van der Waals surface area (Å²) in [5, 5.41) is 3.08. The quantitative estimate of drug-likeness (QED) is 0.300. The highest BCUT2D eigenvalue weighted by Crippen LogP contribution is 2.31. The van der Waals surface area contributed by atoms with Gasteiger partial charge < -0.3 is 20.7 Å². The van der Waals surface area contributed by atoms with E-state index in [0.29, 0.717) is 0 Å². The average Bonchev–Trinajstić information content (AvgIpc) is 3.10. The van der Waals surface area contributed by atoms with Crippen LogP contribution in [-0.4, -0.2) is 74.5 Å². The maximum Gasteiger partial charge on any atom is 0.414 e. The Balaban J connectivity index is 2.08. The predicted molar refractivity (Wildman–Crippen MR) is 112 cm³/mol. The maximum atomic E-state index is 14.8. The second kappa shape index (κ2) is 11.1. The lowest BCUT2D eigenvalue weighted by Gasteiger charge is -2.26. The van der Waals surface area contributed by atoms with Crippen LogP contribution in [0.15, 0.2) is 12.1 Å². The van der Waals surface area contributed by atoms with Crippen LogP contribution in [0.4, 0.5) is 38.5 Å².